The third-order valence-electron chi connectivity index (χ3n) is 2.87. The van der Waals surface area contributed by atoms with E-state index in [1.54, 1.807) is 0 Å². The Labute approximate surface area is 133 Å². The first kappa shape index (κ1) is 14.9. The average Bonchev–Trinajstić information content (AvgIpc) is 2.30. The number of nitrogens with zero attached hydrogens (tertiary/aromatic N) is 1. The molecular weight excluding hydrogens is 371 g/mol. The van der Waals surface area contributed by atoms with Crippen molar-refractivity contribution in [2.24, 2.45) is 5.92 Å². The number of hydrogen-bond acceptors (Lipinski definition) is 2. The van der Waals surface area contributed by atoms with Gasteiger partial charge in [-0.1, -0.05) is 25.4 Å². The van der Waals surface area contributed by atoms with E-state index in [0.717, 1.165) is 43.8 Å². The van der Waals surface area contributed by atoms with Crippen molar-refractivity contribution in [2.45, 2.75) is 27.2 Å². The van der Waals surface area contributed by atoms with Gasteiger partial charge in [0.25, 0.3) is 0 Å². The fourth-order valence-electron chi connectivity index (χ4n) is 2.16. The highest BCUT2D eigenvalue weighted by Crippen LogP contribution is 2.31. The summed E-state index contributed by atoms with van der Waals surface area (Å²) in [5, 5.41) is 5.25. The third-order valence-corrected chi connectivity index (χ3v) is 3.78. The van der Waals surface area contributed by atoms with E-state index < -0.39 is 0 Å². The van der Waals surface area contributed by atoms with E-state index in [1.807, 2.05) is 6.07 Å². The van der Waals surface area contributed by atoms with E-state index in [1.165, 1.54) is 0 Å². The van der Waals surface area contributed by atoms with Gasteiger partial charge in [0.15, 0.2) is 0 Å². The van der Waals surface area contributed by atoms with Gasteiger partial charge in [-0.05, 0) is 60.1 Å². The van der Waals surface area contributed by atoms with Gasteiger partial charge in [-0.2, -0.15) is 0 Å². The molecule has 0 saturated heterocycles. The molecule has 2 nitrogen and oxygen atoms in total. The zero-order valence-corrected chi connectivity index (χ0v) is 14.3. The van der Waals surface area contributed by atoms with Crippen molar-refractivity contribution in [2.75, 3.05) is 11.9 Å². The second kappa shape index (κ2) is 6.27. The highest BCUT2D eigenvalue weighted by Gasteiger charge is 2.10. The number of anilines is 1. The quantitative estimate of drug-likeness (QED) is 0.735. The molecule has 1 N–H and O–H groups in total. The fourth-order valence-corrected chi connectivity index (χ4v) is 3.23. The standard InChI is InChI=1S/C15H18ClIN2/c1-4-18-14-8-11(5-9(2)3)19-15-12(14)6-10(17)7-13(15)16/h6-9H,4-5H2,1-3H3,(H,18,19). The van der Waals surface area contributed by atoms with Crippen LogP contribution in [0.4, 0.5) is 5.69 Å². The number of fused-ring (bicyclic) bond motifs is 1. The summed E-state index contributed by atoms with van der Waals surface area (Å²) in [6.07, 6.45) is 0.969. The molecule has 0 amide bonds. The van der Waals surface area contributed by atoms with Crippen molar-refractivity contribution in [3.63, 3.8) is 0 Å². The largest absolute Gasteiger partial charge is 0.385 e. The van der Waals surface area contributed by atoms with Crippen molar-refractivity contribution >= 4 is 50.8 Å². The molecule has 4 heteroatoms. The first-order valence-electron chi connectivity index (χ1n) is 6.53. The lowest BCUT2D eigenvalue weighted by Gasteiger charge is -2.13. The number of rotatable bonds is 4. The molecule has 1 heterocycles. The molecule has 0 aliphatic carbocycles. The Balaban J connectivity index is 2.64. The van der Waals surface area contributed by atoms with Gasteiger partial charge in [-0.25, -0.2) is 0 Å². The van der Waals surface area contributed by atoms with Crippen LogP contribution >= 0.6 is 34.2 Å². The van der Waals surface area contributed by atoms with Gasteiger partial charge in [0.1, 0.15) is 0 Å². The maximum Gasteiger partial charge on any atom is 0.0912 e. The second-order valence-electron chi connectivity index (χ2n) is 5.07. The molecule has 2 rings (SSSR count). The van der Waals surface area contributed by atoms with E-state index in [9.17, 15) is 0 Å². The summed E-state index contributed by atoms with van der Waals surface area (Å²) in [5.41, 5.74) is 3.13. The molecule has 0 bridgehead atoms. The predicted molar refractivity (Wildman–Crippen MR) is 92.2 cm³/mol. The highest BCUT2D eigenvalue weighted by molar-refractivity contribution is 14.1. The molecule has 102 valence electrons. The number of hydrogen-bond donors (Lipinski definition) is 1. The number of pyridine rings is 1. The Bertz CT molecular complexity index is 596. The second-order valence-corrected chi connectivity index (χ2v) is 6.73. The Kier molecular flexibility index (Phi) is 4.90. The molecule has 0 aliphatic rings. The Morgan fingerprint density at radius 2 is 2.05 bits per heavy atom. The van der Waals surface area contributed by atoms with E-state index in [-0.39, 0.29) is 0 Å². The van der Waals surface area contributed by atoms with Gasteiger partial charge in [-0.3, -0.25) is 4.98 Å². The number of benzene rings is 1. The molecule has 0 unspecified atom stereocenters. The SMILES string of the molecule is CCNc1cc(CC(C)C)nc2c(Cl)cc(I)cc12. The summed E-state index contributed by atoms with van der Waals surface area (Å²) in [5.74, 6) is 0.585. The van der Waals surface area contributed by atoms with Crippen molar-refractivity contribution in [1.82, 2.24) is 4.98 Å². The minimum absolute atomic E-state index is 0.585. The molecular formula is C15H18ClIN2. The van der Waals surface area contributed by atoms with Crippen LogP contribution in [0.1, 0.15) is 26.5 Å². The first-order valence-corrected chi connectivity index (χ1v) is 7.99. The summed E-state index contributed by atoms with van der Waals surface area (Å²) in [6.45, 7) is 7.40. The number of nitrogens with one attached hydrogen (secondary N) is 1. The van der Waals surface area contributed by atoms with Gasteiger partial charge in [0.2, 0.25) is 0 Å². The van der Waals surface area contributed by atoms with Crippen LogP contribution in [-0.4, -0.2) is 11.5 Å². The molecule has 0 spiro atoms. The Hall–Kier alpha value is -0.550. The molecule has 0 fully saturated rings. The topological polar surface area (TPSA) is 24.9 Å². The summed E-state index contributed by atoms with van der Waals surface area (Å²) in [4.78, 5) is 4.72. The smallest absolute Gasteiger partial charge is 0.0912 e. The molecule has 19 heavy (non-hydrogen) atoms. The fraction of sp³-hybridized carbons (Fsp3) is 0.400. The van der Waals surface area contributed by atoms with E-state index in [0.29, 0.717) is 5.92 Å². The average molecular weight is 389 g/mol. The summed E-state index contributed by atoms with van der Waals surface area (Å²) in [7, 11) is 0. The van der Waals surface area contributed by atoms with E-state index in [2.05, 4.69) is 60.8 Å². The highest BCUT2D eigenvalue weighted by atomic mass is 127. The summed E-state index contributed by atoms with van der Waals surface area (Å²) >= 11 is 8.64. The van der Waals surface area contributed by atoms with E-state index >= 15 is 0 Å². The minimum atomic E-state index is 0.585. The zero-order valence-electron chi connectivity index (χ0n) is 11.4. The van der Waals surface area contributed by atoms with Gasteiger partial charge in [0.05, 0.1) is 10.5 Å². The third kappa shape index (κ3) is 3.51. The first-order chi connectivity index (χ1) is 9.01. The van der Waals surface area contributed by atoms with Crippen LogP contribution in [-0.2, 0) is 6.42 Å². The summed E-state index contributed by atoms with van der Waals surface area (Å²) < 4.78 is 1.13. The lowest BCUT2D eigenvalue weighted by molar-refractivity contribution is 0.637. The normalized spacial score (nSPS) is 11.3. The maximum atomic E-state index is 6.35. The maximum absolute atomic E-state index is 6.35. The van der Waals surface area contributed by atoms with Crippen LogP contribution in [0.2, 0.25) is 5.02 Å². The van der Waals surface area contributed by atoms with Gasteiger partial charge in [-0.15, -0.1) is 0 Å². The Morgan fingerprint density at radius 3 is 2.68 bits per heavy atom. The molecule has 0 saturated carbocycles. The molecule has 2 aromatic rings. The monoisotopic (exact) mass is 388 g/mol. The lowest BCUT2D eigenvalue weighted by Crippen LogP contribution is -2.03. The van der Waals surface area contributed by atoms with Crippen molar-refractivity contribution in [3.8, 4) is 0 Å². The van der Waals surface area contributed by atoms with Crippen LogP contribution in [0.5, 0.6) is 0 Å². The van der Waals surface area contributed by atoms with Crippen molar-refractivity contribution in [1.29, 1.82) is 0 Å². The van der Waals surface area contributed by atoms with Gasteiger partial charge in [0, 0.05) is 26.9 Å². The molecule has 1 aromatic heterocycles. The molecule has 0 atom stereocenters. The van der Waals surface area contributed by atoms with Crippen molar-refractivity contribution < 1.29 is 0 Å². The van der Waals surface area contributed by atoms with E-state index in [4.69, 9.17) is 16.6 Å². The predicted octanol–water partition coefficient (Wildman–Crippen LogP) is 5.12. The summed E-state index contributed by atoms with van der Waals surface area (Å²) in [6, 6.07) is 6.25. The zero-order chi connectivity index (χ0) is 14.0. The Morgan fingerprint density at radius 1 is 1.32 bits per heavy atom. The molecule has 0 aliphatic heterocycles. The van der Waals surface area contributed by atoms with Crippen LogP contribution in [0.15, 0.2) is 18.2 Å². The number of aromatic nitrogens is 1. The molecule has 1 aromatic carbocycles. The van der Waals surface area contributed by atoms with Gasteiger partial charge >= 0.3 is 0 Å². The number of halogens is 2. The van der Waals surface area contributed by atoms with Crippen LogP contribution in [0.25, 0.3) is 10.9 Å². The lowest BCUT2D eigenvalue weighted by atomic mass is 10.1. The van der Waals surface area contributed by atoms with Crippen LogP contribution in [0.3, 0.4) is 0 Å². The van der Waals surface area contributed by atoms with Crippen LogP contribution < -0.4 is 5.32 Å². The van der Waals surface area contributed by atoms with Crippen LogP contribution in [0, 0.1) is 9.49 Å². The molecule has 0 radical (unpaired) electrons. The van der Waals surface area contributed by atoms with Gasteiger partial charge < -0.3 is 5.32 Å². The van der Waals surface area contributed by atoms with Crippen molar-refractivity contribution in [3.05, 3.63) is 32.5 Å². The minimum Gasteiger partial charge on any atom is -0.385 e.